The van der Waals surface area contributed by atoms with Crippen molar-refractivity contribution in [2.45, 2.75) is 20.3 Å². The highest BCUT2D eigenvalue weighted by atomic mass is 19.1. The van der Waals surface area contributed by atoms with E-state index in [-0.39, 0.29) is 17.9 Å². The van der Waals surface area contributed by atoms with Gasteiger partial charge in [-0.05, 0) is 38.1 Å². The van der Waals surface area contributed by atoms with E-state index < -0.39 is 17.5 Å². The number of nitriles is 1. The molecule has 0 saturated heterocycles. The van der Waals surface area contributed by atoms with E-state index in [2.05, 4.69) is 0 Å². The summed E-state index contributed by atoms with van der Waals surface area (Å²) >= 11 is 0. The van der Waals surface area contributed by atoms with Crippen molar-refractivity contribution in [1.29, 1.82) is 5.26 Å². The highest BCUT2D eigenvalue weighted by Gasteiger charge is 2.24. The van der Waals surface area contributed by atoms with Crippen LogP contribution >= 0.6 is 0 Å². The summed E-state index contributed by atoms with van der Waals surface area (Å²) < 4.78 is 12.8. The molecule has 0 aliphatic carbocycles. The number of benzene rings is 1. The van der Waals surface area contributed by atoms with E-state index in [4.69, 9.17) is 5.26 Å². The Kier molecular flexibility index (Phi) is 5.85. The molecular weight excluding hydrogens is 259 g/mol. The molecule has 0 radical (unpaired) electrons. The van der Waals surface area contributed by atoms with Crippen LogP contribution in [0.5, 0.6) is 0 Å². The molecule has 20 heavy (non-hydrogen) atoms. The Morgan fingerprint density at radius 2 is 1.80 bits per heavy atom. The Labute approximate surface area is 117 Å². The van der Waals surface area contributed by atoms with Crippen molar-refractivity contribution in [1.82, 2.24) is 4.90 Å². The van der Waals surface area contributed by atoms with Gasteiger partial charge in [-0.25, -0.2) is 4.39 Å². The third kappa shape index (κ3) is 3.89. The van der Waals surface area contributed by atoms with Crippen LogP contribution in [-0.4, -0.2) is 29.7 Å². The number of rotatable bonds is 6. The van der Waals surface area contributed by atoms with Gasteiger partial charge in [-0.2, -0.15) is 5.26 Å². The molecule has 4 nitrogen and oxygen atoms in total. The molecule has 1 unspecified atom stereocenters. The van der Waals surface area contributed by atoms with Crippen molar-refractivity contribution in [3.63, 3.8) is 0 Å². The van der Waals surface area contributed by atoms with Crippen LogP contribution in [0.4, 0.5) is 4.39 Å². The summed E-state index contributed by atoms with van der Waals surface area (Å²) in [5.74, 6) is -2.16. The SMILES string of the molecule is CCN(CC)C(=O)CC(C#N)C(=O)c1ccc(F)cc1. The molecule has 0 spiro atoms. The van der Waals surface area contributed by atoms with Crippen LogP contribution in [0.1, 0.15) is 30.6 Å². The van der Waals surface area contributed by atoms with Crippen LogP contribution in [0, 0.1) is 23.1 Å². The summed E-state index contributed by atoms with van der Waals surface area (Å²) in [5.41, 5.74) is 0.241. The lowest BCUT2D eigenvalue weighted by molar-refractivity contribution is -0.131. The molecule has 0 N–H and O–H groups in total. The van der Waals surface area contributed by atoms with Crippen molar-refractivity contribution in [3.8, 4) is 6.07 Å². The molecule has 1 atom stereocenters. The molecule has 0 fully saturated rings. The van der Waals surface area contributed by atoms with E-state index in [0.717, 1.165) is 12.1 Å². The molecule has 1 aromatic carbocycles. The average molecular weight is 276 g/mol. The van der Waals surface area contributed by atoms with Crippen molar-refractivity contribution in [3.05, 3.63) is 35.6 Å². The number of hydrogen-bond acceptors (Lipinski definition) is 3. The number of Topliss-reactive ketones (excluding diaryl/α,β-unsaturated/α-hetero) is 1. The van der Waals surface area contributed by atoms with Crippen molar-refractivity contribution in [2.24, 2.45) is 5.92 Å². The largest absolute Gasteiger partial charge is 0.343 e. The van der Waals surface area contributed by atoms with Gasteiger partial charge >= 0.3 is 0 Å². The fraction of sp³-hybridized carbons (Fsp3) is 0.400. The van der Waals surface area contributed by atoms with Crippen LogP contribution in [0.15, 0.2) is 24.3 Å². The predicted octanol–water partition coefficient (Wildman–Crippen LogP) is 2.41. The second-order valence-electron chi connectivity index (χ2n) is 4.32. The Balaban J connectivity index is 2.81. The molecule has 0 aliphatic heterocycles. The minimum Gasteiger partial charge on any atom is -0.343 e. The second-order valence-corrected chi connectivity index (χ2v) is 4.32. The topological polar surface area (TPSA) is 61.2 Å². The number of ketones is 1. The molecule has 0 heterocycles. The second kappa shape index (κ2) is 7.39. The molecule has 0 aliphatic rings. The molecule has 5 heteroatoms. The Morgan fingerprint density at radius 1 is 1.25 bits per heavy atom. The summed E-state index contributed by atoms with van der Waals surface area (Å²) in [5, 5.41) is 9.07. The summed E-state index contributed by atoms with van der Waals surface area (Å²) in [4.78, 5) is 25.6. The molecule has 106 valence electrons. The van der Waals surface area contributed by atoms with Gasteiger partial charge in [-0.1, -0.05) is 0 Å². The first-order chi connectivity index (χ1) is 9.53. The fourth-order valence-corrected chi connectivity index (χ4v) is 1.89. The molecule has 1 rings (SSSR count). The van der Waals surface area contributed by atoms with Gasteiger partial charge in [0.05, 0.1) is 12.5 Å². The zero-order valence-electron chi connectivity index (χ0n) is 11.6. The van der Waals surface area contributed by atoms with E-state index in [1.807, 2.05) is 19.9 Å². The Morgan fingerprint density at radius 3 is 2.25 bits per heavy atom. The van der Waals surface area contributed by atoms with Crippen molar-refractivity contribution >= 4 is 11.7 Å². The maximum absolute atomic E-state index is 12.8. The van der Waals surface area contributed by atoms with Crippen molar-refractivity contribution in [2.75, 3.05) is 13.1 Å². The number of carbonyl (C=O) groups excluding carboxylic acids is 2. The Bertz CT molecular complexity index is 516. The molecule has 1 amide bonds. The molecule has 1 aromatic rings. The summed E-state index contributed by atoms with van der Waals surface area (Å²) in [6.07, 6.45) is -0.144. The first kappa shape index (κ1) is 15.8. The Hall–Kier alpha value is -2.22. The highest BCUT2D eigenvalue weighted by Crippen LogP contribution is 2.14. The third-order valence-corrected chi connectivity index (χ3v) is 3.10. The van der Waals surface area contributed by atoms with Gasteiger partial charge in [0.25, 0.3) is 0 Å². The van der Waals surface area contributed by atoms with Crippen molar-refractivity contribution < 1.29 is 14.0 Å². The normalized spacial score (nSPS) is 11.5. The van der Waals surface area contributed by atoms with Crippen LogP contribution in [0.2, 0.25) is 0 Å². The standard InChI is InChI=1S/C15H17FN2O2/c1-3-18(4-2)14(19)9-12(10-17)15(20)11-5-7-13(16)8-6-11/h5-8,12H,3-4,9H2,1-2H3. The predicted molar refractivity (Wildman–Crippen MR) is 72.4 cm³/mol. The van der Waals surface area contributed by atoms with Gasteiger partial charge in [0, 0.05) is 18.7 Å². The van der Waals surface area contributed by atoms with Crippen LogP contribution in [0.3, 0.4) is 0 Å². The first-order valence-corrected chi connectivity index (χ1v) is 6.50. The van der Waals surface area contributed by atoms with Crippen LogP contribution in [-0.2, 0) is 4.79 Å². The van der Waals surface area contributed by atoms with Gasteiger partial charge in [0.1, 0.15) is 11.7 Å². The lowest BCUT2D eigenvalue weighted by Crippen LogP contribution is -2.33. The van der Waals surface area contributed by atoms with E-state index in [1.54, 1.807) is 4.90 Å². The van der Waals surface area contributed by atoms with E-state index in [0.29, 0.717) is 13.1 Å². The smallest absolute Gasteiger partial charge is 0.224 e. The zero-order valence-corrected chi connectivity index (χ0v) is 11.6. The highest BCUT2D eigenvalue weighted by molar-refractivity contribution is 6.01. The summed E-state index contributed by atoms with van der Waals surface area (Å²) in [6, 6.07) is 6.83. The van der Waals surface area contributed by atoms with E-state index in [9.17, 15) is 14.0 Å². The van der Waals surface area contributed by atoms with Gasteiger partial charge in [-0.3, -0.25) is 9.59 Å². The van der Waals surface area contributed by atoms with E-state index >= 15 is 0 Å². The lowest BCUT2D eigenvalue weighted by Gasteiger charge is -2.19. The fourth-order valence-electron chi connectivity index (χ4n) is 1.89. The zero-order chi connectivity index (χ0) is 15.1. The minimum atomic E-state index is -1.03. The maximum atomic E-state index is 12.8. The monoisotopic (exact) mass is 276 g/mol. The average Bonchev–Trinajstić information content (AvgIpc) is 2.46. The minimum absolute atomic E-state index is 0.144. The van der Waals surface area contributed by atoms with Gasteiger partial charge in [0.15, 0.2) is 5.78 Å². The summed E-state index contributed by atoms with van der Waals surface area (Å²) in [7, 11) is 0. The number of hydrogen-bond donors (Lipinski definition) is 0. The molecule has 0 aromatic heterocycles. The first-order valence-electron chi connectivity index (χ1n) is 6.50. The summed E-state index contributed by atoms with van der Waals surface area (Å²) in [6.45, 7) is 4.76. The number of nitrogens with zero attached hydrogens (tertiary/aromatic N) is 2. The lowest BCUT2D eigenvalue weighted by atomic mass is 9.95. The number of halogens is 1. The molecule has 0 bridgehead atoms. The number of amides is 1. The third-order valence-electron chi connectivity index (χ3n) is 3.10. The quantitative estimate of drug-likeness (QED) is 0.750. The van der Waals surface area contributed by atoms with Crippen LogP contribution in [0.25, 0.3) is 0 Å². The van der Waals surface area contributed by atoms with E-state index in [1.165, 1.54) is 12.1 Å². The molecular formula is C15H17FN2O2. The molecule has 0 saturated carbocycles. The van der Waals surface area contributed by atoms with Gasteiger partial charge < -0.3 is 4.90 Å². The number of carbonyl (C=O) groups is 2. The van der Waals surface area contributed by atoms with Gasteiger partial charge in [-0.15, -0.1) is 0 Å². The van der Waals surface area contributed by atoms with Crippen LogP contribution < -0.4 is 0 Å². The van der Waals surface area contributed by atoms with Gasteiger partial charge in [0.2, 0.25) is 5.91 Å². The maximum Gasteiger partial charge on any atom is 0.224 e.